The van der Waals surface area contributed by atoms with E-state index in [0.717, 1.165) is 40.2 Å². The average molecular weight is 405 g/mol. The normalized spacial score (nSPS) is 17.3. The minimum Gasteiger partial charge on any atom is -0.450 e. The Labute approximate surface area is 165 Å². The number of carbonyl (C=O) groups excluding carboxylic acids is 1. The van der Waals surface area contributed by atoms with Crippen LogP contribution in [0.4, 0.5) is 0 Å². The van der Waals surface area contributed by atoms with Crippen LogP contribution in [0.1, 0.15) is 41.1 Å². The molecule has 1 atom stereocenters. The average Bonchev–Trinajstić information content (AvgIpc) is 3.28. The number of hydrogen-bond acceptors (Lipinski definition) is 7. The van der Waals surface area contributed by atoms with Crippen molar-refractivity contribution < 1.29 is 18.8 Å². The van der Waals surface area contributed by atoms with Crippen molar-refractivity contribution in [3.05, 3.63) is 46.7 Å². The molecule has 0 bridgehead atoms. The molecule has 6 nitrogen and oxygen atoms in total. The Morgan fingerprint density at radius 3 is 3.07 bits per heavy atom. The van der Waals surface area contributed by atoms with Gasteiger partial charge in [-0.05, 0) is 25.8 Å². The Balaban J connectivity index is 1.52. The van der Waals surface area contributed by atoms with E-state index >= 15 is 0 Å². The molecule has 1 amide bonds. The van der Waals surface area contributed by atoms with Crippen LogP contribution in [0.25, 0.3) is 11.0 Å². The first-order valence-electron chi connectivity index (χ1n) is 8.83. The molecule has 142 valence electrons. The highest BCUT2D eigenvalue weighted by Crippen LogP contribution is 2.33. The van der Waals surface area contributed by atoms with Crippen molar-refractivity contribution in [2.24, 2.45) is 0 Å². The van der Waals surface area contributed by atoms with Gasteiger partial charge < -0.3 is 9.15 Å². The zero-order chi connectivity index (χ0) is 18.6. The Morgan fingerprint density at radius 1 is 1.41 bits per heavy atom. The topological polar surface area (TPSA) is 73.6 Å². The Bertz CT molecular complexity index is 931. The monoisotopic (exact) mass is 404 g/mol. The van der Waals surface area contributed by atoms with Crippen LogP contribution >= 0.6 is 23.1 Å². The second kappa shape index (κ2) is 8.43. The number of nitrogens with one attached hydrogen (secondary N) is 1. The van der Waals surface area contributed by atoms with Crippen LogP contribution in [0.3, 0.4) is 0 Å². The van der Waals surface area contributed by atoms with Gasteiger partial charge in [0.25, 0.3) is 0 Å². The van der Waals surface area contributed by atoms with Crippen molar-refractivity contribution in [3.8, 4) is 0 Å². The number of amides is 1. The zero-order valence-corrected chi connectivity index (χ0v) is 16.5. The molecule has 2 aromatic heterocycles. The molecule has 1 unspecified atom stereocenters. The number of benzene rings is 1. The van der Waals surface area contributed by atoms with E-state index in [-0.39, 0.29) is 5.76 Å². The lowest BCUT2D eigenvalue weighted by atomic mass is 10.1. The summed E-state index contributed by atoms with van der Waals surface area (Å²) in [6, 6.07) is 7.65. The number of aromatic nitrogens is 1. The van der Waals surface area contributed by atoms with Gasteiger partial charge in [-0.15, -0.1) is 11.3 Å². The molecule has 3 heterocycles. The van der Waals surface area contributed by atoms with Crippen LogP contribution in [0.2, 0.25) is 0 Å². The summed E-state index contributed by atoms with van der Waals surface area (Å²) < 4.78 is 12.3. The van der Waals surface area contributed by atoms with E-state index in [2.05, 4.69) is 10.5 Å². The van der Waals surface area contributed by atoms with Gasteiger partial charge in [-0.25, -0.2) is 15.3 Å². The van der Waals surface area contributed by atoms with Gasteiger partial charge in [-0.1, -0.05) is 30.0 Å². The van der Waals surface area contributed by atoms with Gasteiger partial charge in [0.1, 0.15) is 9.92 Å². The van der Waals surface area contributed by atoms with Gasteiger partial charge in [-0.2, -0.15) is 0 Å². The smallest absolute Gasteiger partial charge is 0.310 e. The Kier molecular flexibility index (Phi) is 5.77. The van der Waals surface area contributed by atoms with Crippen LogP contribution in [-0.2, 0) is 15.3 Å². The maximum absolute atomic E-state index is 12.7. The fourth-order valence-electron chi connectivity index (χ4n) is 2.93. The lowest BCUT2D eigenvalue weighted by Gasteiger charge is -2.21. The van der Waals surface area contributed by atoms with E-state index in [4.69, 9.17) is 14.0 Å². The highest BCUT2D eigenvalue weighted by atomic mass is 32.2. The molecule has 1 aromatic carbocycles. The lowest BCUT2D eigenvalue weighted by molar-refractivity contribution is -0.187. The van der Waals surface area contributed by atoms with Gasteiger partial charge >= 0.3 is 5.91 Å². The zero-order valence-electron chi connectivity index (χ0n) is 14.9. The predicted molar refractivity (Wildman–Crippen MR) is 105 cm³/mol. The summed E-state index contributed by atoms with van der Waals surface area (Å²) in [7, 11) is 0. The van der Waals surface area contributed by atoms with E-state index in [0.29, 0.717) is 17.9 Å². The van der Waals surface area contributed by atoms with Crippen molar-refractivity contribution >= 4 is 40.0 Å². The standard InChI is InChI=1S/C19H20N2O4S2/c1-12-10-26-19(20-12)27-11-14-13-6-2-3-7-15(13)24-17(14)18(22)21-25-16-8-4-5-9-23-16/h2-3,6-7,10,16H,4-5,8-9,11H2,1H3,(H,21,22). The molecule has 1 N–H and O–H groups in total. The molecule has 0 spiro atoms. The predicted octanol–water partition coefficient (Wildman–Crippen LogP) is 4.68. The molecule has 3 aromatic rings. The number of hydrogen-bond donors (Lipinski definition) is 1. The van der Waals surface area contributed by atoms with Gasteiger partial charge in [0.2, 0.25) is 0 Å². The summed E-state index contributed by atoms with van der Waals surface area (Å²) in [6.07, 6.45) is 2.42. The van der Waals surface area contributed by atoms with Crippen LogP contribution in [0, 0.1) is 6.92 Å². The van der Waals surface area contributed by atoms with Gasteiger partial charge in [-0.3, -0.25) is 4.79 Å². The van der Waals surface area contributed by atoms with Crippen molar-refractivity contribution in [2.45, 2.75) is 42.6 Å². The fraction of sp³-hybridized carbons (Fsp3) is 0.368. The molecular weight excluding hydrogens is 384 g/mol. The number of thioether (sulfide) groups is 1. The SMILES string of the molecule is Cc1csc(SCc2c(C(=O)NOC3CCCCO3)oc3ccccc23)n1. The molecule has 1 fully saturated rings. The molecule has 4 rings (SSSR count). The van der Waals surface area contributed by atoms with Crippen molar-refractivity contribution in [1.29, 1.82) is 0 Å². The quantitative estimate of drug-likeness (QED) is 0.475. The number of thiazole rings is 1. The molecule has 0 radical (unpaired) electrons. The third kappa shape index (κ3) is 4.35. The number of para-hydroxylation sites is 1. The third-order valence-corrected chi connectivity index (χ3v) is 6.43. The summed E-state index contributed by atoms with van der Waals surface area (Å²) in [5, 5.41) is 2.94. The van der Waals surface area contributed by atoms with Gasteiger partial charge in [0.15, 0.2) is 12.1 Å². The van der Waals surface area contributed by atoms with Crippen LogP contribution < -0.4 is 5.48 Å². The number of furan rings is 1. The Morgan fingerprint density at radius 2 is 2.30 bits per heavy atom. The number of nitrogens with zero attached hydrogens (tertiary/aromatic N) is 1. The van der Waals surface area contributed by atoms with Crippen LogP contribution in [-0.4, -0.2) is 23.8 Å². The highest BCUT2D eigenvalue weighted by Gasteiger charge is 2.23. The fourth-order valence-corrected chi connectivity index (χ4v) is 4.80. The van der Waals surface area contributed by atoms with Crippen molar-refractivity contribution in [1.82, 2.24) is 10.5 Å². The first kappa shape index (κ1) is 18.5. The number of rotatable bonds is 6. The molecule has 1 saturated heterocycles. The molecule has 0 saturated carbocycles. The summed E-state index contributed by atoms with van der Waals surface area (Å²) in [6.45, 7) is 2.62. The molecule has 0 aliphatic carbocycles. The lowest BCUT2D eigenvalue weighted by Crippen LogP contribution is -2.33. The largest absolute Gasteiger partial charge is 0.450 e. The van der Waals surface area contributed by atoms with Crippen molar-refractivity contribution in [3.63, 3.8) is 0 Å². The number of ether oxygens (including phenoxy) is 1. The summed E-state index contributed by atoms with van der Waals surface area (Å²) in [5.41, 5.74) is 5.02. The molecule has 1 aliphatic heterocycles. The minimum atomic E-state index is -0.400. The number of aryl methyl sites for hydroxylation is 1. The third-order valence-electron chi connectivity index (χ3n) is 4.26. The summed E-state index contributed by atoms with van der Waals surface area (Å²) >= 11 is 3.19. The molecule has 27 heavy (non-hydrogen) atoms. The van der Waals surface area contributed by atoms with E-state index < -0.39 is 12.2 Å². The number of fused-ring (bicyclic) bond motifs is 1. The second-order valence-corrected chi connectivity index (χ2v) is 8.38. The second-order valence-electron chi connectivity index (χ2n) is 6.29. The first-order valence-corrected chi connectivity index (χ1v) is 10.7. The van der Waals surface area contributed by atoms with Gasteiger partial charge in [0, 0.05) is 40.8 Å². The number of carbonyl (C=O) groups is 1. The van der Waals surface area contributed by atoms with Crippen molar-refractivity contribution in [2.75, 3.05) is 6.61 Å². The van der Waals surface area contributed by atoms with E-state index in [1.165, 1.54) is 0 Å². The summed E-state index contributed by atoms with van der Waals surface area (Å²) in [4.78, 5) is 22.6. The first-order chi connectivity index (χ1) is 13.2. The maximum Gasteiger partial charge on any atom is 0.310 e. The molecule has 8 heteroatoms. The number of hydroxylamine groups is 1. The van der Waals surface area contributed by atoms with E-state index in [9.17, 15) is 4.79 Å². The Hall–Kier alpha value is -1.87. The highest BCUT2D eigenvalue weighted by molar-refractivity contribution is 8.00. The van der Waals surface area contributed by atoms with Crippen LogP contribution in [0.15, 0.2) is 38.4 Å². The minimum absolute atomic E-state index is 0.271. The molecule has 1 aliphatic rings. The van der Waals surface area contributed by atoms with Crippen LogP contribution in [0.5, 0.6) is 0 Å². The van der Waals surface area contributed by atoms with Gasteiger partial charge in [0.05, 0.1) is 0 Å². The van der Waals surface area contributed by atoms with E-state index in [1.807, 2.05) is 36.6 Å². The van der Waals surface area contributed by atoms with E-state index in [1.54, 1.807) is 23.1 Å². The molecular formula is C19H20N2O4S2. The summed E-state index contributed by atoms with van der Waals surface area (Å²) in [5.74, 6) is 0.464. The maximum atomic E-state index is 12.7.